The largest absolute Gasteiger partial charge is 0.468 e. The molecule has 0 radical (unpaired) electrons. The van der Waals surface area contributed by atoms with E-state index in [9.17, 15) is 5.26 Å². The summed E-state index contributed by atoms with van der Waals surface area (Å²) in [5, 5.41) is 13.1. The van der Waals surface area contributed by atoms with E-state index in [2.05, 4.69) is 25.2 Å². The Kier molecular flexibility index (Phi) is 4.04. The number of furan rings is 1. The van der Waals surface area contributed by atoms with Gasteiger partial charge in [0.2, 0.25) is 0 Å². The lowest BCUT2D eigenvalue weighted by atomic mass is 9.96. The molecular formula is C14H20N2OS. The van der Waals surface area contributed by atoms with Crippen molar-refractivity contribution in [1.82, 2.24) is 5.32 Å². The van der Waals surface area contributed by atoms with Crippen molar-refractivity contribution in [3.8, 4) is 6.07 Å². The van der Waals surface area contributed by atoms with E-state index in [-0.39, 0.29) is 5.54 Å². The fourth-order valence-electron chi connectivity index (χ4n) is 2.24. The van der Waals surface area contributed by atoms with Crippen molar-refractivity contribution in [2.45, 2.75) is 50.1 Å². The number of rotatable bonds is 6. The number of thioether (sulfide) groups is 1. The molecule has 0 amide bonds. The lowest BCUT2D eigenvalue weighted by Crippen LogP contribution is -2.51. The molecular weight excluding hydrogens is 244 g/mol. The Morgan fingerprint density at radius 3 is 2.78 bits per heavy atom. The number of nitrogens with zero attached hydrogens (tertiary/aromatic N) is 1. The Morgan fingerprint density at radius 2 is 2.33 bits per heavy atom. The van der Waals surface area contributed by atoms with Gasteiger partial charge in [-0.15, -0.1) is 11.8 Å². The molecule has 3 nitrogen and oxygen atoms in total. The van der Waals surface area contributed by atoms with Crippen molar-refractivity contribution in [1.29, 1.82) is 5.26 Å². The quantitative estimate of drug-likeness (QED) is 0.800. The molecule has 1 fully saturated rings. The highest BCUT2D eigenvalue weighted by molar-refractivity contribution is 7.99. The first-order valence-electron chi connectivity index (χ1n) is 6.43. The average Bonchev–Trinajstić information content (AvgIpc) is 3.09. The van der Waals surface area contributed by atoms with Gasteiger partial charge >= 0.3 is 0 Å². The number of hydrogen-bond donors (Lipinski definition) is 1. The molecule has 1 saturated carbocycles. The average molecular weight is 264 g/mol. The first-order chi connectivity index (χ1) is 8.57. The van der Waals surface area contributed by atoms with Crippen molar-refractivity contribution in [3.05, 3.63) is 18.1 Å². The van der Waals surface area contributed by atoms with Crippen LogP contribution in [0.3, 0.4) is 0 Å². The third kappa shape index (κ3) is 2.90. The highest BCUT2D eigenvalue weighted by Crippen LogP contribution is 2.42. The van der Waals surface area contributed by atoms with E-state index in [0.717, 1.165) is 29.3 Å². The lowest BCUT2D eigenvalue weighted by Gasteiger charge is -2.30. The predicted molar refractivity (Wildman–Crippen MR) is 73.5 cm³/mol. The van der Waals surface area contributed by atoms with Gasteiger partial charge in [0, 0.05) is 16.7 Å². The van der Waals surface area contributed by atoms with Crippen LogP contribution in [0.15, 0.2) is 21.6 Å². The van der Waals surface area contributed by atoms with E-state index >= 15 is 0 Å². The molecule has 1 aromatic heterocycles. The zero-order valence-corrected chi connectivity index (χ0v) is 12.0. The molecule has 1 aliphatic rings. The topological polar surface area (TPSA) is 49.0 Å². The van der Waals surface area contributed by atoms with Gasteiger partial charge in [0.15, 0.2) is 0 Å². The van der Waals surface area contributed by atoms with Crippen LogP contribution in [0.5, 0.6) is 0 Å². The minimum atomic E-state index is -0.386. The van der Waals surface area contributed by atoms with Crippen LogP contribution in [0.4, 0.5) is 0 Å². The van der Waals surface area contributed by atoms with Gasteiger partial charge < -0.3 is 4.42 Å². The third-order valence-corrected chi connectivity index (χ3v) is 4.62. The maximum absolute atomic E-state index is 9.58. The lowest BCUT2D eigenvalue weighted by molar-refractivity contribution is 0.370. The molecule has 1 N–H and O–H groups in total. The van der Waals surface area contributed by atoms with Crippen molar-refractivity contribution in [3.63, 3.8) is 0 Å². The fourth-order valence-corrected chi connectivity index (χ4v) is 3.41. The van der Waals surface area contributed by atoms with Gasteiger partial charge in [0.1, 0.15) is 11.3 Å². The number of aryl methyl sites for hydroxylation is 1. The van der Waals surface area contributed by atoms with Gasteiger partial charge in [0.05, 0.1) is 12.3 Å². The zero-order valence-electron chi connectivity index (χ0n) is 11.2. The molecule has 1 aromatic rings. The Labute approximate surface area is 113 Å². The summed E-state index contributed by atoms with van der Waals surface area (Å²) < 4.78 is 5.30. The molecule has 0 bridgehead atoms. The third-order valence-electron chi connectivity index (χ3n) is 3.29. The summed E-state index contributed by atoms with van der Waals surface area (Å²) in [4.78, 5) is 1.14. The number of nitriles is 1. The molecule has 1 aliphatic carbocycles. The number of hydrogen-bond acceptors (Lipinski definition) is 4. The maximum Gasteiger partial charge on any atom is 0.119 e. The van der Waals surface area contributed by atoms with Crippen molar-refractivity contribution in [2.75, 3.05) is 5.75 Å². The van der Waals surface area contributed by atoms with Crippen LogP contribution < -0.4 is 5.32 Å². The second kappa shape index (κ2) is 5.38. The molecule has 0 saturated heterocycles. The maximum atomic E-state index is 9.58. The summed E-state index contributed by atoms with van der Waals surface area (Å²) in [5.41, 5.74) is -0.386. The molecule has 18 heavy (non-hydrogen) atoms. The standard InChI is InChI=1S/C14H20N2OS/c1-10(2)16-14(8-15,12-4-5-12)9-18-13-6-7-17-11(13)3/h6-7,10,12,16H,4-5,9H2,1-3H3. The normalized spacial score (nSPS) is 18.6. The van der Waals surface area contributed by atoms with Crippen molar-refractivity contribution in [2.24, 2.45) is 5.92 Å². The first kappa shape index (κ1) is 13.5. The molecule has 0 spiro atoms. The zero-order chi connectivity index (χ0) is 13.2. The van der Waals surface area contributed by atoms with E-state index in [0.29, 0.717) is 12.0 Å². The van der Waals surface area contributed by atoms with Crippen LogP contribution >= 0.6 is 11.8 Å². The summed E-state index contributed by atoms with van der Waals surface area (Å²) in [5.74, 6) is 2.23. The molecule has 4 heteroatoms. The summed E-state index contributed by atoms with van der Waals surface area (Å²) in [6.45, 7) is 6.16. The molecule has 0 aromatic carbocycles. The van der Waals surface area contributed by atoms with Crippen LogP contribution in [0.2, 0.25) is 0 Å². The highest BCUT2D eigenvalue weighted by Gasteiger charge is 2.46. The van der Waals surface area contributed by atoms with E-state index in [1.54, 1.807) is 18.0 Å². The SMILES string of the molecule is Cc1occc1SCC(C#N)(NC(C)C)C1CC1. The summed E-state index contributed by atoms with van der Waals surface area (Å²) in [7, 11) is 0. The smallest absolute Gasteiger partial charge is 0.119 e. The molecule has 1 heterocycles. The highest BCUT2D eigenvalue weighted by atomic mass is 32.2. The molecule has 98 valence electrons. The van der Waals surface area contributed by atoms with Crippen LogP contribution in [0.25, 0.3) is 0 Å². The molecule has 1 unspecified atom stereocenters. The van der Waals surface area contributed by atoms with Crippen LogP contribution in [0, 0.1) is 24.2 Å². The van der Waals surface area contributed by atoms with Gasteiger partial charge in [-0.05, 0) is 45.6 Å². The predicted octanol–water partition coefficient (Wildman–Crippen LogP) is 3.35. The summed E-state index contributed by atoms with van der Waals surface area (Å²) >= 11 is 1.72. The van der Waals surface area contributed by atoms with E-state index < -0.39 is 0 Å². The molecule has 0 aliphatic heterocycles. The molecule has 2 rings (SSSR count). The van der Waals surface area contributed by atoms with Gasteiger partial charge in [-0.2, -0.15) is 5.26 Å². The van der Waals surface area contributed by atoms with Gasteiger partial charge in [0.25, 0.3) is 0 Å². The second-order valence-electron chi connectivity index (χ2n) is 5.29. The number of nitrogens with one attached hydrogen (secondary N) is 1. The van der Waals surface area contributed by atoms with Crippen LogP contribution in [-0.4, -0.2) is 17.3 Å². The monoisotopic (exact) mass is 264 g/mol. The fraction of sp³-hybridized carbons (Fsp3) is 0.643. The van der Waals surface area contributed by atoms with Crippen molar-refractivity contribution < 1.29 is 4.42 Å². The Morgan fingerprint density at radius 1 is 1.61 bits per heavy atom. The van der Waals surface area contributed by atoms with E-state index in [1.807, 2.05) is 13.0 Å². The Bertz CT molecular complexity index is 445. The van der Waals surface area contributed by atoms with Crippen LogP contribution in [0.1, 0.15) is 32.4 Å². The van der Waals surface area contributed by atoms with Gasteiger partial charge in [-0.3, -0.25) is 5.32 Å². The van der Waals surface area contributed by atoms with Crippen LogP contribution in [-0.2, 0) is 0 Å². The minimum absolute atomic E-state index is 0.330. The van der Waals surface area contributed by atoms with Crippen molar-refractivity contribution >= 4 is 11.8 Å². The first-order valence-corrected chi connectivity index (χ1v) is 7.42. The van der Waals surface area contributed by atoms with E-state index in [4.69, 9.17) is 4.42 Å². The summed E-state index contributed by atoms with van der Waals surface area (Å²) in [6, 6.07) is 4.83. The minimum Gasteiger partial charge on any atom is -0.468 e. The van der Waals surface area contributed by atoms with Gasteiger partial charge in [-0.1, -0.05) is 0 Å². The van der Waals surface area contributed by atoms with Gasteiger partial charge in [-0.25, -0.2) is 0 Å². The Hall–Kier alpha value is -0.920. The van der Waals surface area contributed by atoms with E-state index in [1.165, 1.54) is 0 Å². The molecule has 1 atom stereocenters. The second-order valence-corrected chi connectivity index (χ2v) is 6.30. The summed E-state index contributed by atoms with van der Waals surface area (Å²) in [6.07, 6.45) is 4.04. The Balaban J connectivity index is 2.06.